The van der Waals surface area contributed by atoms with Crippen LogP contribution in [0.3, 0.4) is 0 Å². The summed E-state index contributed by atoms with van der Waals surface area (Å²) in [6.07, 6.45) is -0.574. The van der Waals surface area contributed by atoms with Crippen molar-refractivity contribution in [1.82, 2.24) is 0 Å². The normalized spacial score (nSPS) is 21.5. The van der Waals surface area contributed by atoms with Gasteiger partial charge in [-0.25, -0.2) is 0 Å². The predicted octanol–water partition coefficient (Wildman–Crippen LogP) is -0.705. The summed E-state index contributed by atoms with van der Waals surface area (Å²) in [4.78, 5) is 0. The predicted molar refractivity (Wildman–Crippen MR) is 27.6 cm³/mol. The lowest BCUT2D eigenvalue weighted by molar-refractivity contribution is 0.0132. The molecule has 1 rings (SSSR count). The smallest absolute Gasteiger partial charge is 0.216 e. The highest BCUT2D eigenvalue weighted by molar-refractivity contribution is 5.80. The van der Waals surface area contributed by atoms with Crippen molar-refractivity contribution < 1.29 is 9.47 Å². The van der Waals surface area contributed by atoms with Crippen LogP contribution in [0.2, 0.25) is 0 Å². The highest BCUT2D eigenvalue weighted by atomic mass is 16.7. The molecule has 4 nitrogen and oxygen atoms in total. The lowest BCUT2D eigenvalue weighted by atomic mass is 10.6. The van der Waals surface area contributed by atoms with Gasteiger partial charge in [0.25, 0.3) is 0 Å². The fourth-order valence-corrected chi connectivity index (χ4v) is 0.538. The molecule has 4 heteroatoms. The molecule has 1 fully saturated rings. The first-order chi connectivity index (χ1) is 3.80. The van der Waals surface area contributed by atoms with Gasteiger partial charge in [-0.15, -0.1) is 0 Å². The molecule has 3 N–H and O–H groups in total. The van der Waals surface area contributed by atoms with E-state index in [0.29, 0.717) is 13.2 Å². The summed E-state index contributed by atoms with van der Waals surface area (Å²) >= 11 is 0. The van der Waals surface area contributed by atoms with E-state index >= 15 is 0 Å². The van der Waals surface area contributed by atoms with E-state index in [-0.39, 0.29) is 5.84 Å². The summed E-state index contributed by atoms with van der Waals surface area (Å²) < 4.78 is 9.69. The molecule has 0 bridgehead atoms. The summed E-state index contributed by atoms with van der Waals surface area (Å²) in [7, 11) is 0. The first-order valence-corrected chi connectivity index (χ1v) is 2.38. The van der Waals surface area contributed by atoms with Gasteiger partial charge in [0.15, 0.2) is 0 Å². The third kappa shape index (κ3) is 0.962. The average Bonchev–Trinajstić information content (AvgIpc) is 2.12. The zero-order chi connectivity index (χ0) is 5.98. The van der Waals surface area contributed by atoms with E-state index in [1.807, 2.05) is 0 Å². The molecule has 0 aromatic carbocycles. The van der Waals surface area contributed by atoms with Crippen LogP contribution >= 0.6 is 0 Å². The molecule has 0 aromatic heterocycles. The Kier molecular flexibility index (Phi) is 1.45. The largest absolute Gasteiger partial charge is 0.383 e. The molecule has 0 saturated carbocycles. The Morgan fingerprint density at radius 3 is 2.25 bits per heavy atom. The van der Waals surface area contributed by atoms with Crippen LogP contribution in [0.25, 0.3) is 0 Å². The van der Waals surface area contributed by atoms with E-state index in [4.69, 9.17) is 20.6 Å². The lowest BCUT2D eigenvalue weighted by Gasteiger charge is -2.03. The number of rotatable bonds is 1. The van der Waals surface area contributed by atoms with Crippen LogP contribution in [0.1, 0.15) is 0 Å². The lowest BCUT2D eigenvalue weighted by Crippen LogP contribution is -2.28. The maximum atomic E-state index is 6.82. The average molecular weight is 116 g/mol. The van der Waals surface area contributed by atoms with E-state index in [9.17, 15) is 0 Å². The number of amidine groups is 1. The van der Waals surface area contributed by atoms with E-state index in [2.05, 4.69) is 0 Å². The van der Waals surface area contributed by atoms with E-state index in [0.717, 1.165) is 0 Å². The molecular weight excluding hydrogens is 108 g/mol. The number of nitrogens with two attached hydrogens (primary N) is 1. The summed E-state index contributed by atoms with van der Waals surface area (Å²) in [5, 5.41) is 6.82. The Balaban J connectivity index is 2.35. The zero-order valence-electron chi connectivity index (χ0n) is 4.39. The van der Waals surface area contributed by atoms with Gasteiger partial charge < -0.3 is 15.2 Å². The van der Waals surface area contributed by atoms with Crippen molar-refractivity contribution in [3.05, 3.63) is 0 Å². The van der Waals surface area contributed by atoms with Crippen LogP contribution in [0.4, 0.5) is 0 Å². The molecule has 46 valence electrons. The minimum Gasteiger partial charge on any atom is -0.383 e. The van der Waals surface area contributed by atoms with Crippen LogP contribution in [-0.2, 0) is 9.47 Å². The van der Waals surface area contributed by atoms with Gasteiger partial charge in [-0.3, -0.25) is 5.41 Å². The van der Waals surface area contributed by atoms with E-state index in [1.54, 1.807) is 0 Å². The highest BCUT2D eigenvalue weighted by Crippen LogP contribution is 2.00. The van der Waals surface area contributed by atoms with Crippen LogP contribution in [0.5, 0.6) is 0 Å². The molecule has 1 saturated heterocycles. The Morgan fingerprint density at radius 1 is 1.50 bits per heavy atom. The monoisotopic (exact) mass is 116 g/mol. The molecule has 0 aromatic rings. The fourth-order valence-electron chi connectivity index (χ4n) is 0.538. The molecular formula is C4H8N2O2. The van der Waals surface area contributed by atoms with Gasteiger partial charge in [0.2, 0.25) is 6.29 Å². The number of nitrogens with one attached hydrogen (secondary N) is 1. The molecule has 1 aliphatic rings. The zero-order valence-corrected chi connectivity index (χ0v) is 4.39. The summed E-state index contributed by atoms with van der Waals surface area (Å²) in [6.45, 7) is 1.09. The number of hydrogen-bond acceptors (Lipinski definition) is 3. The van der Waals surface area contributed by atoms with Gasteiger partial charge in [-0.2, -0.15) is 0 Å². The second-order valence-electron chi connectivity index (χ2n) is 1.53. The van der Waals surface area contributed by atoms with Crippen molar-refractivity contribution >= 4 is 5.84 Å². The van der Waals surface area contributed by atoms with Crippen LogP contribution in [0.15, 0.2) is 0 Å². The maximum absolute atomic E-state index is 6.82. The van der Waals surface area contributed by atoms with Gasteiger partial charge in [-0.1, -0.05) is 0 Å². The molecule has 0 radical (unpaired) electrons. The number of ether oxygens (including phenoxy) is 2. The van der Waals surface area contributed by atoms with E-state index in [1.165, 1.54) is 0 Å². The van der Waals surface area contributed by atoms with Crippen molar-refractivity contribution in [1.29, 1.82) is 5.41 Å². The first-order valence-electron chi connectivity index (χ1n) is 2.38. The van der Waals surface area contributed by atoms with Crippen molar-refractivity contribution in [2.45, 2.75) is 6.29 Å². The Morgan fingerprint density at radius 2 is 2.00 bits per heavy atom. The van der Waals surface area contributed by atoms with Crippen LogP contribution < -0.4 is 5.73 Å². The van der Waals surface area contributed by atoms with Crippen molar-refractivity contribution in [2.24, 2.45) is 5.73 Å². The molecule has 1 heterocycles. The van der Waals surface area contributed by atoms with Crippen molar-refractivity contribution in [2.75, 3.05) is 13.2 Å². The highest BCUT2D eigenvalue weighted by Gasteiger charge is 2.17. The summed E-state index contributed by atoms with van der Waals surface area (Å²) in [6, 6.07) is 0. The third-order valence-corrected chi connectivity index (χ3v) is 0.876. The Hall–Kier alpha value is -0.610. The topological polar surface area (TPSA) is 68.3 Å². The Labute approximate surface area is 47.1 Å². The second-order valence-corrected chi connectivity index (χ2v) is 1.53. The van der Waals surface area contributed by atoms with Gasteiger partial charge in [-0.05, 0) is 0 Å². The molecule has 0 amide bonds. The second kappa shape index (κ2) is 2.11. The molecule has 0 aliphatic carbocycles. The quantitative estimate of drug-likeness (QED) is 0.351. The third-order valence-electron chi connectivity index (χ3n) is 0.876. The fraction of sp³-hybridized carbons (Fsp3) is 0.750. The van der Waals surface area contributed by atoms with E-state index < -0.39 is 6.29 Å². The molecule has 8 heavy (non-hydrogen) atoms. The molecule has 0 atom stereocenters. The number of hydrogen-bond donors (Lipinski definition) is 2. The van der Waals surface area contributed by atoms with Crippen LogP contribution in [0, 0.1) is 5.41 Å². The van der Waals surface area contributed by atoms with Gasteiger partial charge in [0, 0.05) is 0 Å². The molecule has 0 spiro atoms. The standard InChI is InChI=1S/C4H8N2O2/c5-3(6)4-7-1-2-8-4/h4H,1-2H2,(H3,5,6). The van der Waals surface area contributed by atoms with Crippen molar-refractivity contribution in [3.63, 3.8) is 0 Å². The summed E-state index contributed by atoms with van der Waals surface area (Å²) in [5.41, 5.74) is 5.03. The van der Waals surface area contributed by atoms with Gasteiger partial charge >= 0.3 is 0 Å². The van der Waals surface area contributed by atoms with Gasteiger partial charge in [0.05, 0.1) is 13.2 Å². The first kappa shape index (κ1) is 5.53. The molecule has 0 unspecified atom stereocenters. The maximum Gasteiger partial charge on any atom is 0.216 e. The summed E-state index contributed by atoms with van der Waals surface area (Å²) in [5.74, 6) is -0.0532. The van der Waals surface area contributed by atoms with Crippen LogP contribution in [-0.4, -0.2) is 25.3 Å². The SMILES string of the molecule is N=C(N)C1OCCO1. The minimum absolute atomic E-state index is 0.0532. The van der Waals surface area contributed by atoms with Gasteiger partial charge in [0.1, 0.15) is 5.84 Å². The Bertz CT molecular complexity index is 98.2. The minimum atomic E-state index is -0.574. The van der Waals surface area contributed by atoms with Crippen molar-refractivity contribution in [3.8, 4) is 0 Å². The molecule has 1 aliphatic heterocycles.